The molecule has 0 unspecified atom stereocenters. The zero-order valence-corrected chi connectivity index (χ0v) is 9.99. The number of ether oxygens (including phenoxy) is 1. The van der Waals surface area contributed by atoms with E-state index in [0.29, 0.717) is 16.1 Å². The smallest absolute Gasteiger partial charge is 0.363 e. The first-order valence-electron chi connectivity index (χ1n) is 4.55. The molecule has 17 heavy (non-hydrogen) atoms. The van der Waals surface area contributed by atoms with Gasteiger partial charge in [-0.2, -0.15) is 0 Å². The largest absolute Gasteiger partial charge is 0.453 e. The van der Waals surface area contributed by atoms with Gasteiger partial charge in [-0.1, -0.05) is 0 Å². The van der Waals surface area contributed by atoms with Crippen molar-refractivity contribution in [1.29, 1.82) is 0 Å². The zero-order valence-electron chi connectivity index (χ0n) is 8.41. The van der Waals surface area contributed by atoms with E-state index in [1.807, 2.05) is 0 Å². The Morgan fingerprint density at radius 1 is 1.24 bits per heavy atom. The van der Waals surface area contributed by atoms with Crippen molar-refractivity contribution in [3.05, 3.63) is 51.4 Å². The van der Waals surface area contributed by atoms with Crippen molar-refractivity contribution in [1.82, 2.24) is 9.97 Å². The summed E-state index contributed by atoms with van der Waals surface area (Å²) in [6.07, 6.45) is 2.88. The van der Waals surface area contributed by atoms with Gasteiger partial charge in [0, 0.05) is 18.3 Å². The van der Waals surface area contributed by atoms with E-state index in [9.17, 15) is 10.1 Å². The standard InChI is InChI=1S/C10H6BrN3O3/c11-9-5-7(3-4-12-9)17-8-1-2-10(13-6-8)14(15)16/h1-6H. The second-order valence-corrected chi connectivity index (χ2v) is 3.84. The molecule has 0 aliphatic rings. The molecule has 86 valence electrons. The van der Waals surface area contributed by atoms with Gasteiger partial charge >= 0.3 is 5.82 Å². The fraction of sp³-hybridized carbons (Fsp3) is 0. The monoisotopic (exact) mass is 295 g/mol. The molecule has 0 saturated heterocycles. The maximum absolute atomic E-state index is 10.4. The molecule has 0 bridgehead atoms. The van der Waals surface area contributed by atoms with Gasteiger partial charge in [-0.15, -0.1) is 0 Å². The highest BCUT2D eigenvalue weighted by Crippen LogP contribution is 2.23. The first-order valence-corrected chi connectivity index (χ1v) is 5.34. The van der Waals surface area contributed by atoms with Crippen LogP contribution in [-0.2, 0) is 0 Å². The Morgan fingerprint density at radius 2 is 2.06 bits per heavy atom. The van der Waals surface area contributed by atoms with Crippen LogP contribution in [0.5, 0.6) is 11.5 Å². The molecule has 0 saturated carbocycles. The number of aromatic nitrogens is 2. The fourth-order valence-electron chi connectivity index (χ4n) is 1.13. The number of hydrogen-bond acceptors (Lipinski definition) is 5. The lowest BCUT2D eigenvalue weighted by Crippen LogP contribution is -1.92. The molecule has 0 aliphatic heterocycles. The Kier molecular flexibility index (Phi) is 3.29. The minimum atomic E-state index is -0.563. The van der Waals surface area contributed by atoms with E-state index in [-0.39, 0.29) is 5.82 Å². The van der Waals surface area contributed by atoms with Crippen LogP contribution < -0.4 is 4.74 Å². The van der Waals surface area contributed by atoms with Gasteiger partial charge in [0.15, 0.2) is 11.9 Å². The predicted octanol–water partition coefficient (Wildman–Crippen LogP) is 2.94. The number of nitro groups is 1. The molecule has 0 N–H and O–H groups in total. The minimum absolute atomic E-state index is 0.215. The van der Waals surface area contributed by atoms with Gasteiger partial charge in [-0.05, 0) is 38.0 Å². The van der Waals surface area contributed by atoms with E-state index in [1.54, 1.807) is 18.3 Å². The van der Waals surface area contributed by atoms with E-state index >= 15 is 0 Å². The quantitative estimate of drug-likeness (QED) is 0.494. The molecule has 0 fully saturated rings. The SMILES string of the molecule is O=[N+]([O-])c1ccc(Oc2ccnc(Br)c2)cn1. The molecule has 0 amide bonds. The molecule has 0 aromatic carbocycles. The molecule has 7 heteroatoms. The zero-order chi connectivity index (χ0) is 12.3. The summed E-state index contributed by atoms with van der Waals surface area (Å²) in [6, 6.07) is 6.12. The maximum Gasteiger partial charge on any atom is 0.363 e. The van der Waals surface area contributed by atoms with E-state index < -0.39 is 4.92 Å². The van der Waals surface area contributed by atoms with E-state index in [4.69, 9.17) is 4.74 Å². The molecule has 6 nitrogen and oxygen atoms in total. The van der Waals surface area contributed by atoms with Crippen LogP contribution >= 0.6 is 15.9 Å². The molecule has 0 aliphatic carbocycles. The average molecular weight is 296 g/mol. The van der Waals surface area contributed by atoms with Crippen LogP contribution in [0.25, 0.3) is 0 Å². The molecular formula is C10H6BrN3O3. The van der Waals surface area contributed by atoms with Gasteiger partial charge in [0.2, 0.25) is 0 Å². The summed E-state index contributed by atoms with van der Waals surface area (Å²) >= 11 is 3.21. The van der Waals surface area contributed by atoms with Gasteiger partial charge in [-0.25, -0.2) is 4.98 Å². The topological polar surface area (TPSA) is 78.2 Å². The van der Waals surface area contributed by atoms with Crippen LogP contribution in [0.15, 0.2) is 41.3 Å². The van der Waals surface area contributed by atoms with Gasteiger partial charge in [0.1, 0.15) is 10.4 Å². The van der Waals surface area contributed by atoms with Gasteiger partial charge in [0.05, 0.1) is 0 Å². The summed E-state index contributed by atoms with van der Waals surface area (Å²) in [5.41, 5.74) is 0. The van der Waals surface area contributed by atoms with Gasteiger partial charge in [0.25, 0.3) is 0 Å². The highest BCUT2D eigenvalue weighted by atomic mass is 79.9. The van der Waals surface area contributed by atoms with Crippen LogP contribution in [0, 0.1) is 10.1 Å². The Bertz CT molecular complexity index is 545. The Labute approximate surface area is 105 Å². The van der Waals surface area contributed by atoms with Gasteiger partial charge in [-0.3, -0.25) is 0 Å². The van der Waals surface area contributed by atoms with Crippen molar-refractivity contribution in [2.75, 3.05) is 0 Å². The second-order valence-electron chi connectivity index (χ2n) is 3.03. The molecular weight excluding hydrogens is 290 g/mol. The lowest BCUT2D eigenvalue weighted by Gasteiger charge is -2.03. The molecule has 2 aromatic heterocycles. The Hall–Kier alpha value is -2.02. The summed E-state index contributed by atoms with van der Waals surface area (Å²) in [7, 11) is 0. The summed E-state index contributed by atoms with van der Waals surface area (Å²) in [6.45, 7) is 0. The number of pyridine rings is 2. The third kappa shape index (κ3) is 2.97. The number of nitrogens with zero attached hydrogens (tertiary/aromatic N) is 3. The summed E-state index contributed by atoms with van der Waals surface area (Å²) in [5.74, 6) is 0.782. The molecule has 0 atom stereocenters. The van der Waals surface area contributed by atoms with Crippen LogP contribution in [0.4, 0.5) is 5.82 Å². The first kappa shape index (κ1) is 11.5. The van der Waals surface area contributed by atoms with Crippen molar-refractivity contribution >= 4 is 21.7 Å². The summed E-state index contributed by atoms with van der Waals surface area (Å²) in [4.78, 5) is 17.4. The normalized spacial score (nSPS) is 9.94. The number of halogens is 1. The highest BCUT2D eigenvalue weighted by Gasteiger charge is 2.07. The van der Waals surface area contributed by atoms with Crippen LogP contribution in [-0.4, -0.2) is 14.9 Å². The number of rotatable bonds is 3. The Balaban J connectivity index is 2.16. The predicted molar refractivity (Wildman–Crippen MR) is 62.9 cm³/mol. The summed E-state index contributed by atoms with van der Waals surface area (Å²) < 4.78 is 6.08. The number of hydrogen-bond donors (Lipinski definition) is 0. The van der Waals surface area contributed by atoms with Gasteiger partial charge < -0.3 is 14.9 Å². The molecule has 2 aromatic rings. The average Bonchev–Trinajstić information content (AvgIpc) is 2.29. The van der Waals surface area contributed by atoms with Crippen molar-refractivity contribution in [2.45, 2.75) is 0 Å². The fourth-order valence-corrected chi connectivity index (χ4v) is 1.47. The van der Waals surface area contributed by atoms with Crippen LogP contribution in [0.1, 0.15) is 0 Å². The molecule has 2 heterocycles. The Morgan fingerprint density at radius 3 is 2.65 bits per heavy atom. The van der Waals surface area contributed by atoms with Crippen LogP contribution in [0.3, 0.4) is 0 Å². The van der Waals surface area contributed by atoms with Crippen LogP contribution in [0.2, 0.25) is 0 Å². The second kappa shape index (κ2) is 4.88. The lowest BCUT2D eigenvalue weighted by molar-refractivity contribution is -0.389. The van der Waals surface area contributed by atoms with Crippen molar-refractivity contribution in [2.24, 2.45) is 0 Å². The van der Waals surface area contributed by atoms with E-state index in [1.165, 1.54) is 18.3 Å². The summed E-state index contributed by atoms with van der Waals surface area (Å²) in [5, 5.41) is 10.4. The third-order valence-electron chi connectivity index (χ3n) is 1.84. The van der Waals surface area contributed by atoms with Crippen molar-refractivity contribution in [3.8, 4) is 11.5 Å². The molecule has 0 radical (unpaired) electrons. The first-order chi connectivity index (χ1) is 8.15. The van der Waals surface area contributed by atoms with E-state index in [2.05, 4.69) is 25.9 Å². The molecule has 0 spiro atoms. The third-order valence-corrected chi connectivity index (χ3v) is 2.28. The maximum atomic E-state index is 10.4. The minimum Gasteiger partial charge on any atom is -0.453 e. The van der Waals surface area contributed by atoms with E-state index in [0.717, 1.165) is 0 Å². The van der Waals surface area contributed by atoms with Crippen molar-refractivity contribution in [3.63, 3.8) is 0 Å². The lowest BCUT2D eigenvalue weighted by atomic mass is 10.4. The van der Waals surface area contributed by atoms with Crippen molar-refractivity contribution < 1.29 is 9.66 Å². The highest BCUT2D eigenvalue weighted by molar-refractivity contribution is 9.10. The molecule has 2 rings (SSSR count).